The van der Waals surface area contributed by atoms with E-state index in [2.05, 4.69) is 99.6 Å². The Morgan fingerprint density at radius 1 is 0.830 bits per heavy atom. The van der Waals surface area contributed by atoms with Gasteiger partial charge in [-0.2, -0.15) is 0 Å². The topological polar surface area (TPSA) is 94.2 Å². The normalized spacial score (nSPS) is 15.2. The van der Waals surface area contributed by atoms with Crippen LogP contribution in [-0.4, -0.2) is 85.6 Å². The van der Waals surface area contributed by atoms with E-state index in [9.17, 15) is 13.2 Å². The average molecular weight is 854 g/mol. The van der Waals surface area contributed by atoms with E-state index >= 15 is 0 Å². The standard InChI is InChI=1S/C42H56IN5O4S/c1-32(2)28-47(29-33(3)43)30-36-15-13-35(14-16-36)27-44-53(50,51)39-19-17-37(18-20-39)31-48(22-8-21-46-23-25-52-26-24-46)42(49)45-34(4)40-12-7-10-38-9-5-6-11-41(38)40/h5-7,9-20,32-34,44H,8,21-31H2,1-4H3,(H,45,49). The molecule has 0 aliphatic carbocycles. The third kappa shape index (κ3) is 12.8. The van der Waals surface area contributed by atoms with Gasteiger partial charge in [0, 0.05) is 62.8 Å². The van der Waals surface area contributed by atoms with Gasteiger partial charge in [0.1, 0.15) is 0 Å². The Labute approximate surface area is 330 Å². The molecular weight excluding hydrogens is 797 g/mol. The quantitative estimate of drug-likeness (QED) is 0.0792. The lowest BCUT2D eigenvalue weighted by Crippen LogP contribution is -2.43. The number of carbonyl (C=O) groups excluding carboxylic acids is 1. The Bertz CT molecular complexity index is 1830. The molecule has 9 nitrogen and oxygen atoms in total. The maximum absolute atomic E-state index is 13.8. The average Bonchev–Trinajstić information content (AvgIpc) is 3.14. The van der Waals surface area contributed by atoms with Crippen LogP contribution in [0.25, 0.3) is 10.8 Å². The van der Waals surface area contributed by atoms with Crippen LogP contribution < -0.4 is 10.0 Å². The highest BCUT2D eigenvalue weighted by Gasteiger charge is 2.21. The molecule has 2 atom stereocenters. The molecule has 1 aliphatic rings. The van der Waals surface area contributed by atoms with E-state index in [1.807, 2.05) is 42.2 Å². The van der Waals surface area contributed by atoms with Gasteiger partial charge in [-0.3, -0.25) is 9.80 Å². The van der Waals surface area contributed by atoms with Crippen LogP contribution in [0.5, 0.6) is 0 Å². The molecule has 0 radical (unpaired) electrons. The van der Waals surface area contributed by atoms with E-state index in [1.54, 1.807) is 24.3 Å². The molecule has 5 rings (SSSR count). The van der Waals surface area contributed by atoms with Crippen molar-refractivity contribution in [2.75, 3.05) is 52.5 Å². The number of morpholine rings is 1. The zero-order valence-electron chi connectivity index (χ0n) is 31.6. The van der Waals surface area contributed by atoms with Crippen LogP contribution in [0.3, 0.4) is 0 Å². The minimum Gasteiger partial charge on any atom is -0.379 e. The largest absolute Gasteiger partial charge is 0.379 e. The van der Waals surface area contributed by atoms with Crippen LogP contribution >= 0.6 is 22.6 Å². The number of amides is 2. The number of halogens is 1. The van der Waals surface area contributed by atoms with Crippen LogP contribution in [0.4, 0.5) is 4.79 Å². The molecule has 2 N–H and O–H groups in total. The van der Waals surface area contributed by atoms with Gasteiger partial charge in [-0.25, -0.2) is 17.9 Å². The lowest BCUT2D eigenvalue weighted by molar-refractivity contribution is 0.0364. The SMILES string of the molecule is CC(C)CN(Cc1ccc(CNS(=O)(=O)c2ccc(CN(CCCN3CCOCC3)C(=O)NC(C)c3cccc4ccccc34)cc2)cc1)CC(C)I. The van der Waals surface area contributed by atoms with Crippen molar-refractivity contribution in [1.29, 1.82) is 0 Å². The number of fused-ring (bicyclic) bond motifs is 1. The van der Waals surface area contributed by atoms with E-state index < -0.39 is 10.0 Å². The molecule has 286 valence electrons. The van der Waals surface area contributed by atoms with Gasteiger partial charge in [0.25, 0.3) is 0 Å². The highest BCUT2D eigenvalue weighted by molar-refractivity contribution is 14.1. The monoisotopic (exact) mass is 853 g/mol. The van der Waals surface area contributed by atoms with Crippen molar-refractivity contribution < 1.29 is 17.9 Å². The van der Waals surface area contributed by atoms with E-state index in [0.717, 1.165) is 86.4 Å². The Balaban J connectivity index is 1.20. The summed E-state index contributed by atoms with van der Waals surface area (Å²) in [7, 11) is -3.73. The third-order valence-corrected chi connectivity index (χ3v) is 11.4. The minimum absolute atomic E-state index is 0.149. The fourth-order valence-corrected chi connectivity index (χ4v) is 8.47. The number of carbonyl (C=O) groups is 1. The Hall–Kier alpha value is -3.07. The molecule has 1 aliphatic heterocycles. The number of ether oxygens (including phenoxy) is 1. The number of hydrogen-bond donors (Lipinski definition) is 2. The summed E-state index contributed by atoms with van der Waals surface area (Å²) >= 11 is 2.47. The Morgan fingerprint density at radius 3 is 2.17 bits per heavy atom. The summed E-state index contributed by atoms with van der Waals surface area (Å²) in [6, 6.07) is 29.1. The first kappa shape index (κ1) is 41.1. The minimum atomic E-state index is -3.73. The van der Waals surface area contributed by atoms with Gasteiger partial charge in [0.15, 0.2) is 0 Å². The van der Waals surface area contributed by atoms with Gasteiger partial charge < -0.3 is 15.0 Å². The molecule has 4 aromatic carbocycles. The lowest BCUT2D eigenvalue weighted by Gasteiger charge is -2.29. The summed E-state index contributed by atoms with van der Waals surface area (Å²) < 4.78 is 35.4. The summed E-state index contributed by atoms with van der Waals surface area (Å²) in [5, 5.41) is 5.49. The fraction of sp³-hybridized carbons (Fsp3) is 0.452. The predicted octanol–water partition coefficient (Wildman–Crippen LogP) is 7.59. The molecule has 0 bridgehead atoms. The number of urea groups is 1. The van der Waals surface area contributed by atoms with Crippen molar-refractivity contribution in [3.8, 4) is 0 Å². The molecule has 4 aromatic rings. The maximum atomic E-state index is 13.8. The number of hydrogen-bond acceptors (Lipinski definition) is 6. The van der Waals surface area contributed by atoms with Crippen molar-refractivity contribution in [1.82, 2.24) is 24.7 Å². The van der Waals surface area contributed by atoms with Crippen LogP contribution in [0.15, 0.2) is 95.9 Å². The number of nitrogens with one attached hydrogen (secondary N) is 2. The number of benzene rings is 4. The van der Waals surface area contributed by atoms with Gasteiger partial charge in [-0.05, 0) is 64.4 Å². The molecule has 2 amide bonds. The molecule has 1 fully saturated rings. The second kappa shape index (κ2) is 20.0. The molecule has 1 saturated heterocycles. The van der Waals surface area contributed by atoms with E-state index in [-0.39, 0.29) is 23.5 Å². The highest BCUT2D eigenvalue weighted by Crippen LogP contribution is 2.25. The van der Waals surface area contributed by atoms with Crippen molar-refractivity contribution in [3.05, 3.63) is 113 Å². The van der Waals surface area contributed by atoms with Crippen LogP contribution in [0.2, 0.25) is 0 Å². The fourth-order valence-electron chi connectivity index (χ4n) is 6.90. The predicted molar refractivity (Wildman–Crippen MR) is 224 cm³/mol. The van der Waals surface area contributed by atoms with Crippen molar-refractivity contribution in [3.63, 3.8) is 0 Å². The molecule has 11 heteroatoms. The number of alkyl halides is 1. The maximum Gasteiger partial charge on any atom is 0.318 e. The molecular formula is C42H56IN5O4S. The highest BCUT2D eigenvalue weighted by atomic mass is 127. The first-order valence-corrected chi connectivity index (χ1v) is 21.6. The van der Waals surface area contributed by atoms with Gasteiger partial charge in [0.2, 0.25) is 10.0 Å². The molecule has 2 unspecified atom stereocenters. The Kier molecular flexibility index (Phi) is 15.5. The summed E-state index contributed by atoms with van der Waals surface area (Å²) in [6.45, 7) is 17.0. The summed E-state index contributed by atoms with van der Waals surface area (Å²) in [4.78, 5) is 20.7. The molecule has 0 saturated carbocycles. The second-order valence-corrected chi connectivity index (χ2v) is 18.5. The van der Waals surface area contributed by atoms with Crippen molar-refractivity contribution in [2.24, 2.45) is 5.92 Å². The van der Waals surface area contributed by atoms with Gasteiger partial charge in [0.05, 0.1) is 24.2 Å². The molecule has 0 spiro atoms. The number of nitrogens with zero attached hydrogens (tertiary/aromatic N) is 3. The van der Waals surface area contributed by atoms with Crippen molar-refractivity contribution in [2.45, 2.75) is 68.6 Å². The Morgan fingerprint density at radius 2 is 1.47 bits per heavy atom. The van der Waals surface area contributed by atoms with E-state index in [4.69, 9.17) is 4.74 Å². The third-order valence-electron chi connectivity index (χ3n) is 9.56. The van der Waals surface area contributed by atoms with Crippen LogP contribution in [-0.2, 0) is 34.4 Å². The van der Waals surface area contributed by atoms with Crippen LogP contribution in [0.1, 0.15) is 62.4 Å². The zero-order chi connectivity index (χ0) is 37.8. The summed E-state index contributed by atoms with van der Waals surface area (Å²) in [5.41, 5.74) is 4.06. The summed E-state index contributed by atoms with van der Waals surface area (Å²) in [5.74, 6) is 0.590. The lowest BCUT2D eigenvalue weighted by atomic mass is 10.00. The molecule has 0 aromatic heterocycles. The molecule has 1 heterocycles. The van der Waals surface area contributed by atoms with E-state index in [0.29, 0.717) is 22.9 Å². The second-order valence-electron chi connectivity index (χ2n) is 14.6. The molecule has 53 heavy (non-hydrogen) atoms. The first-order valence-electron chi connectivity index (χ1n) is 18.8. The van der Waals surface area contributed by atoms with Gasteiger partial charge in [-0.1, -0.05) is 122 Å². The zero-order valence-corrected chi connectivity index (χ0v) is 34.6. The number of rotatable bonds is 18. The van der Waals surface area contributed by atoms with Gasteiger partial charge in [-0.15, -0.1) is 0 Å². The number of sulfonamides is 1. The smallest absolute Gasteiger partial charge is 0.318 e. The van der Waals surface area contributed by atoms with Crippen molar-refractivity contribution >= 4 is 49.4 Å². The van der Waals surface area contributed by atoms with Crippen LogP contribution in [0, 0.1) is 5.92 Å². The summed E-state index contributed by atoms with van der Waals surface area (Å²) in [6.07, 6.45) is 0.821. The first-order chi connectivity index (χ1) is 25.5. The van der Waals surface area contributed by atoms with Gasteiger partial charge >= 0.3 is 6.03 Å². The van der Waals surface area contributed by atoms with E-state index in [1.165, 1.54) is 5.56 Å².